The molecular weight excluding hydrogens is 719 g/mol. The van der Waals surface area contributed by atoms with Gasteiger partial charge in [-0.3, -0.25) is 0 Å². The second kappa shape index (κ2) is 12.6. The summed E-state index contributed by atoms with van der Waals surface area (Å²) < 4.78 is 31.5. The molecule has 274 valence electrons. The molecule has 3 aliphatic carbocycles. The molecule has 0 spiro atoms. The average molecular weight is 763 g/mol. The van der Waals surface area contributed by atoms with Gasteiger partial charge < -0.3 is 9.13 Å². The molecule has 0 aliphatic heterocycles. The van der Waals surface area contributed by atoms with Gasteiger partial charge in [0.15, 0.2) is 14.3 Å². The molecule has 2 atom stereocenters. The number of fused-ring (bicyclic) bond motifs is 8. The minimum Gasteiger partial charge on any atom is -0.309 e. The van der Waals surface area contributed by atoms with Crippen LogP contribution in [0.3, 0.4) is 0 Å². The summed E-state index contributed by atoms with van der Waals surface area (Å²) in [6, 6.07) is 57.6. The Kier molecular flexibility index (Phi) is 7.93. The third-order valence-electron chi connectivity index (χ3n) is 13.1. The quantitative estimate of drug-likeness (QED) is 0.158. The van der Waals surface area contributed by atoms with E-state index in [-0.39, 0.29) is 22.7 Å². The molecule has 10 rings (SSSR count). The molecule has 0 aromatic heterocycles. The standard InChI is InChI=1S/C52H44O2P2/c1-51(2)45-31-39(55(53,35-19-9-5-10-20-35)36-21-11-6-12-22-36)29-30-40(45)43-32-47-44(33-46(43)51)50-42-28-18-17-27-41(42)49(34-48(50)52(47,3)4)56(54,37-23-13-7-14-24-37)38-25-15-8-16-26-38/h5-34,44,47H,1-4H3. The van der Waals surface area contributed by atoms with Gasteiger partial charge in [-0.25, -0.2) is 0 Å². The van der Waals surface area contributed by atoms with Crippen molar-refractivity contribution in [3.8, 4) is 0 Å². The molecule has 56 heavy (non-hydrogen) atoms. The maximum atomic E-state index is 16.0. The van der Waals surface area contributed by atoms with Crippen molar-refractivity contribution >= 4 is 62.5 Å². The van der Waals surface area contributed by atoms with Crippen LogP contribution in [-0.2, 0) is 20.0 Å². The Hall–Kier alpha value is -5.26. The van der Waals surface area contributed by atoms with Crippen LogP contribution in [0.5, 0.6) is 0 Å². The number of allylic oxidation sites excluding steroid dienone is 4. The van der Waals surface area contributed by atoms with Gasteiger partial charge in [-0.1, -0.05) is 198 Å². The predicted octanol–water partition coefficient (Wildman–Crippen LogP) is 10.4. The highest BCUT2D eigenvalue weighted by Crippen LogP contribution is 2.62. The van der Waals surface area contributed by atoms with Crippen LogP contribution in [0.4, 0.5) is 0 Å². The predicted molar refractivity (Wildman–Crippen MR) is 238 cm³/mol. The van der Waals surface area contributed by atoms with Crippen molar-refractivity contribution in [1.29, 1.82) is 0 Å². The van der Waals surface area contributed by atoms with Gasteiger partial charge in [0, 0.05) is 43.2 Å². The van der Waals surface area contributed by atoms with Crippen molar-refractivity contribution in [2.24, 2.45) is 5.92 Å². The summed E-state index contributed by atoms with van der Waals surface area (Å²) in [5, 5.41) is 7.42. The van der Waals surface area contributed by atoms with Crippen LogP contribution >= 0.6 is 14.3 Å². The number of benzene rings is 7. The summed E-state index contributed by atoms with van der Waals surface area (Å²) in [5.74, 6) is 0.349. The Bertz CT molecular complexity index is 2770. The largest absolute Gasteiger partial charge is 0.309 e. The van der Waals surface area contributed by atoms with Crippen molar-refractivity contribution in [3.63, 3.8) is 0 Å². The van der Waals surface area contributed by atoms with Crippen LogP contribution in [-0.4, -0.2) is 0 Å². The highest BCUT2D eigenvalue weighted by molar-refractivity contribution is 7.86. The van der Waals surface area contributed by atoms with Gasteiger partial charge in [0.05, 0.1) is 0 Å². The number of hydrogen-bond acceptors (Lipinski definition) is 2. The fraction of sp³-hybridized carbons (Fsp3) is 0.154. The topological polar surface area (TPSA) is 34.1 Å². The van der Waals surface area contributed by atoms with Gasteiger partial charge >= 0.3 is 0 Å². The summed E-state index contributed by atoms with van der Waals surface area (Å²) in [6.45, 7) is 9.41. The van der Waals surface area contributed by atoms with Crippen molar-refractivity contribution in [2.45, 2.75) is 44.4 Å². The highest BCUT2D eigenvalue weighted by atomic mass is 31.2. The Morgan fingerprint density at radius 3 is 1.48 bits per heavy atom. The van der Waals surface area contributed by atoms with Gasteiger partial charge in [0.1, 0.15) is 0 Å². The SMILES string of the molecule is CC1(C)C2=CC3c4c(cc(P(=O)(c5ccccc5)c5ccccc5)c5ccccc45)C(C)(C)C3C=C2c2ccc(P(=O)(c3ccccc3)c3ccccc3)cc21. The summed E-state index contributed by atoms with van der Waals surface area (Å²) >= 11 is 0. The second-order valence-electron chi connectivity index (χ2n) is 16.8. The fourth-order valence-electron chi connectivity index (χ4n) is 10.2. The molecule has 0 N–H and O–H groups in total. The van der Waals surface area contributed by atoms with E-state index in [9.17, 15) is 0 Å². The summed E-state index contributed by atoms with van der Waals surface area (Å²) in [4.78, 5) is 0. The van der Waals surface area contributed by atoms with Gasteiger partial charge in [-0.2, -0.15) is 0 Å². The minimum absolute atomic E-state index is 0.151. The first-order valence-corrected chi connectivity index (χ1v) is 23.1. The molecule has 0 heterocycles. The van der Waals surface area contributed by atoms with Crippen molar-refractivity contribution in [1.82, 2.24) is 0 Å². The molecule has 0 radical (unpaired) electrons. The molecule has 0 saturated carbocycles. The Morgan fingerprint density at radius 2 is 0.946 bits per heavy atom. The van der Waals surface area contributed by atoms with E-state index in [1.807, 2.05) is 121 Å². The van der Waals surface area contributed by atoms with E-state index >= 15 is 9.13 Å². The molecule has 7 aromatic rings. The third kappa shape index (κ3) is 4.89. The number of hydrogen-bond donors (Lipinski definition) is 0. The van der Waals surface area contributed by atoms with E-state index < -0.39 is 14.3 Å². The maximum Gasteiger partial charge on any atom is 0.171 e. The lowest BCUT2D eigenvalue weighted by molar-refractivity contribution is 0.393. The maximum absolute atomic E-state index is 16.0. The zero-order valence-electron chi connectivity index (χ0n) is 32.2. The van der Waals surface area contributed by atoms with E-state index in [2.05, 4.69) is 88.4 Å². The molecule has 4 heteroatoms. The molecule has 7 aromatic carbocycles. The van der Waals surface area contributed by atoms with Crippen molar-refractivity contribution < 1.29 is 9.13 Å². The minimum atomic E-state index is -3.25. The fourth-order valence-corrected chi connectivity index (χ4v) is 15.8. The summed E-state index contributed by atoms with van der Waals surface area (Å²) in [5.41, 5.74) is 7.15. The van der Waals surface area contributed by atoms with Gasteiger partial charge in [-0.05, 0) is 67.6 Å². The lowest BCUT2D eigenvalue weighted by Crippen LogP contribution is -2.29. The molecular formula is C52H44O2P2. The smallest absolute Gasteiger partial charge is 0.171 e. The molecule has 2 unspecified atom stereocenters. The van der Waals surface area contributed by atoms with E-state index in [0.717, 1.165) is 37.2 Å². The molecule has 0 amide bonds. The monoisotopic (exact) mass is 762 g/mol. The van der Waals surface area contributed by atoms with Crippen molar-refractivity contribution in [3.05, 3.63) is 210 Å². The van der Waals surface area contributed by atoms with E-state index in [4.69, 9.17) is 0 Å². The van der Waals surface area contributed by atoms with Gasteiger partial charge in [0.2, 0.25) is 0 Å². The Labute approximate surface area is 330 Å². The lowest BCUT2D eigenvalue weighted by Gasteiger charge is -2.33. The highest BCUT2D eigenvalue weighted by Gasteiger charge is 2.51. The van der Waals surface area contributed by atoms with Crippen LogP contribution in [0.2, 0.25) is 0 Å². The van der Waals surface area contributed by atoms with Crippen LogP contribution in [0.25, 0.3) is 16.3 Å². The molecule has 0 saturated heterocycles. The normalized spacial score (nSPS) is 19.0. The second-order valence-corrected chi connectivity index (χ2v) is 22.3. The van der Waals surface area contributed by atoms with Crippen molar-refractivity contribution in [2.75, 3.05) is 0 Å². The first-order chi connectivity index (χ1) is 27.1. The van der Waals surface area contributed by atoms with E-state index in [1.54, 1.807) is 0 Å². The molecule has 3 aliphatic rings. The molecule has 0 bridgehead atoms. The third-order valence-corrected chi connectivity index (χ3v) is 19.3. The first kappa shape index (κ1) is 35.2. The van der Waals surface area contributed by atoms with Gasteiger partial charge in [-0.15, -0.1) is 0 Å². The van der Waals surface area contributed by atoms with Gasteiger partial charge in [0.25, 0.3) is 0 Å². The van der Waals surface area contributed by atoms with Crippen LogP contribution in [0.15, 0.2) is 188 Å². The Balaban J connectivity index is 1.15. The zero-order chi connectivity index (χ0) is 38.5. The molecule has 0 fully saturated rings. The van der Waals surface area contributed by atoms with E-state index in [1.165, 1.54) is 38.8 Å². The lowest BCUT2D eigenvalue weighted by atomic mass is 9.70. The van der Waals surface area contributed by atoms with Crippen LogP contribution in [0, 0.1) is 5.92 Å². The van der Waals surface area contributed by atoms with E-state index in [0.29, 0.717) is 0 Å². The molecule has 2 nitrogen and oxygen atoms in total. The summed E-state index contributed by atoms with van der Waals surface area (Å²) in [7, 11) is -6.39. The Morgan fingerprint density at radius 1 is 0.464 bits per heavy atom. The first-order valence-electron chi connectivity index (χ1n) is 19.6. The van der Waals surface area contributed by atoms with Crippen LogP contribution < -0.4 is 31.8 Å². The summed E-state index contributed by atoms with van der Waals surface area (Å²) in [6.07, 6.45) is 5.10. The average Bonchev–Trinajstić information content (AvgIpc) is 3.61. The number of rotatable bonds is 6. The zero-order valence-corrected chi connectivity index (χ0v) is 34.0. The van der Waals surface area contributed by atoms with Crippen LogP contribution in [0.1, 0.15) is 55.9 Å².